The molecule has 0 aliphatic rings. The Bertz CT molecular complexity index is 853. The van der Waals surface area contributed by atoms with Crippen molar-refractivity contribution in [2.45, 2.75) is 6.18 Å². The lowest BCUT2D eigenvalue weighted by Crippen LogP contribution is -2.34. The zero-order valence-corrected chi connectivity index (χ0v) is 14.2. The van der Waals surface area contributed by atoms with E-state index < -0.39 is 23.6 Å². The number of halogens is 3. The Morgan fingerprint density at radius 3 is 2.35 bits per heavy atom. The van der Waals surface area contributed by atoms with Crippen LogP contribution in [0.2, 0.25) is 0 Å². The van der Waals surface area contributed by atoms with E-state index in [1.807, 2.05) is 0 Å². The molecular weight excluding hydrogens is 369 g/mol. The lowest BCUT2D eigenvalue weighted by atomic mass is 10.1. The molecule has 2 N–H and O–H groups in total. The van der Waals surface area contributed by atoms with E-state index in [1.165, 1.54) is 43.5 Å². The van der Waals surface area contributed by atoms with Crippen LogP contribution in [-0.2, 0) is 10.9 Å². The Morgan fingerprint density at radius 2 is 1.69 bits per heavy atom. The fourth-order valence-corrected chi connectivity index (χ4v) is 2.23. The third-order valence-corrected chi connectivity index (χ3v) is 3.42. The van der Waals surface area contributed by atoms with Crippen molar-refractivity contribution in [3.63, 3.8) is 0 Å². The van der Waals surface area contributed by atoms with E-state index in [1.54, 1.807) is 0 Å². The number of hydrogen-bond acceptors (Lipinski definition) is 4. The second-order valence-corrected chi connectivity index (χ2v) is 5.47. The van der Waals surface area contributed by atoms with Gasteiger partial charge in [0.1, 0.15) is 0 Å². The average molecular weight is 382 g/mol. The molecule has 0 bridgehead atoms. The first-order chi connectivity index (χ1) is 12.2. The maximum atomic E-state index is 12.7. The Kier molecular flexibility index (Phi) is 5.93. The molecule has 0 unspecified atom stereocenters. The van der Waals surface area contributed by atoms with E-state index in [4.69, 9.17) is 12.2 Å². The molecule has 136 valence electrons. The van der Waals surface area contributed by atoms with Crippen molar-refractivity contribution >= 4 is 34.9 Å². The number of nitrogens with one attached hydrogen (secondary N) is 2. The van der Waals surface area contributed by atoms with Gasteiger partial charge in [0.05, 0.1) is 18.2 Å². The molecule has 2 aromatic carbocycles. The van der Waals surface area contributed by atoms with Gasteiger partial charge in [-0.3, -0.25) is 10.1 Å². The third kappa shape index (κ3) is 5.03. The van der Waals surface area contributed by atoms with Gasteiger partial charge >= 0.3 is 12.1 Å². The van der Waals surface area contributed by atoms with Crippen LogP contribution in [0.3, 0.4) is 0 Å². The minimum Gasteiger partial charge on any atom is -0.465 e. The van der Waals surface area contributed by atoms with Crippen LogP contribution in [0.5, 0.6) is 0 Å². The maximum absolute atomic E-state index is 12.7. The monoisotopic (exact) mass is 382 g/mol. The highest BCUT2D eigenvalue weighted by Crippen LogP contribution is 2.30. The second kappa shape index (κ2) is 7.96. The molecule has 2 aromatic rings. The molecule has 0 heterocycles. The number of thiocarbonyl (C=S) groups is 1. The SMILES string of the molecule is COC(=O)c1cccc(C(=O)NC(=S)Nc2cccc(C(F)(F)F)c2)c1. The molecule has 0 fully saturated rings. The van der Waals surface area contributed by atoms with Gasteiger partial charge in [0, 0.05) is 11.3 Å². The van der Waals surface area contributed by atoms with Crippen molar-refractivity contribution < 1.29 is 27.5 Å². The lowest BCUT2D eigenvalue weighted by Gasteiger charge is -2.12. The van der Waals surface area contributed by atoms with Gasteiger partial charge in [-0.05, 0) is 48.6 Å². The summed E-state index contributed by atoms with van der Waals surface area (Å²) in [5.74, 6) is -1.23. The summed E-state index contributed by atoms with van der Waals surface area (Å²) in [6.45, 7) is 0. The van der Waals surface area contributed by atoms with Crippen LogP contribution in [0.25, 0.3) is 0 Å². The highest BCUT2D eigenvalue weighted by Gasteiger charge is 2.30. The Labute approximate surface area is 152 Å². The van der Waals surface area contributed by atoms with Crippen LogP contribution in [0.4, 0.5) is 18.9 Å². The number of carbonyl (C=O) groups is 2. The minimum atomic E-state index is -4.49. The summed E-state index contributed by atoms with van der Waals surface area (Å²) < 4.78 is 42.7. The van der Waals surface area contributed by atoms with E-state index >= 15 is 0 Å². The molecule has 0 saturated carbocycles. The van der Waals surface area contributed by atoms with Crippen LogP contribution in [0.1, 0.15) is 26.3 Å². The van der Waals surface area contributed by atoms with E-state index in [0.29, 0.717) is 0 Å². The van der Waals surface area contributed by atoms with Crippen LogP contribution >= 0.6 is 12.2 Å². The lowest BCUT2D eigenvalue weighted by molar-refractivity contribution is -0.137. The van der Waals surface area contributed by atoms with Crippen LogP contribution in [0, 0.1) is 0 Å². The largest absolute Gasteiger partial charge is 0.465 e. The van der Waals surface area contributed by atoms with E-state index in [9.17, 15) is 22.8 Å². The molecule has 0 aromatic heterocycles. The van der Waals surface area contributed by atoms with Crippen LogP contribution < -0.4 is 10.6 Å². The number of alkyl halides is 3. The van der Waals surface area contributed by atoms with Gasteiger partial charge in [0.2, 0.25) is 0 Å². The highest BCUT2D eigenvalue weighted by molar-refractivity contribution is 7.80. The van der Waals surface area contributed by atoms with E-state index in [0.717, 1.165) is 12.1 Å². The van der Waals surface area contributed by atoms with Gasteiger partial charge in [-0.25, -0.2) is 4.79 Å². The summed E-state index contributed by atoms with van der Waals surface area (Å²) in [5.41, 5.74) is -0.450. The summed E-state index contributed by atoms with van der Waals surface area (Å²) in [7, 11) is 1.21. The number of benzene rings is 2. The summed E-state index contributed by atoms with van der Waals surface area (Å²) in [6, 6.07) is 10.1. The molecule has 0 aliphatic carbocycles. The summed E-state index contributed by atoms with van der Waals surface area (Å²) in [4.78, 5) is 23.6. The molecule has 9 heteroatoms. The fraction of sp³-hybridized carbons (Fsp3) is 0.118. The number of ether oxygens (including phenoxy) is 1. The minimum absolute atomic E-state index is 0.0773. The van der Waals surface area contributed by atoms with Crippen LogP contribution in [-0.4, -0.2) is 24.1 Å². The number of hydrogen-bond donors (Lipinski definition) is 2. The van der Waals surface area contributed by atoms with Crippen molar-refractivity contribution in [3.05, 3.63) is 65.2 Å². The van der Waals surface area contributed by atoms with Gasteiger partial charge in [0.15, 0.2) is 5.11 Å². The van der Waals surface area contributed by atoms with Gasteiger partial charge in [-0.1, -0.05) is 12.1 Å². The standard InChI is InChI=1S/C17H13F3N2O3S/c1-25-15(24)11-5-2-4-10(8-11)14(23)22-16(26)21-13-7-3-6-12(9-13)17(18,19)20/h2-9H,1H3,(H2,21,22,23,26). The fourth-order valence-electron chi connectivity index (χ4n) is 2.02. The predicted molar refractivity (Wildman–Crippen MR) is 92.9 cm³/mol. The number of esters is 1. The van der Waals surface area contributed by atoms with Gasteiger partial charge in [0.25, 0.3) is 5.91 Å². The topological polar surface area (TPSA) is 67.4 Å². The molecule has 0 spiro atoms. The molecule has 0 saturated heterocycles. The van der Waals surface area contributed by atoms with Crippen LogP contribution in [0.15, 0.2) is 48.5 Å². The average Bonchev–Trinajstić information content (AvgIpc) is 2.60. The summed E-state index contributed by atoms with van der Waals surface area (Å²) in [5, 5.41) is 4.66. The molecule has 1 amide bonds. The molecule has 0 aliphatic heterocycles. The van der Waals surface area contributed by atoms with Crippen molar-refractivity contribution in [1.29, 1.82) is 0 Å². The van der Waals surface area contributed by atoms with Crippen molar-refractivity contribution in [1.82, 2.24) is 5.32 Å². The molecule has 2 rings (SSSR count). The molecule has 0 atom stereocenters. The van der Waals surface area contributed by atoms with Crippen molar-refractivity contribution in [2.75, 3.05) is 12.4 Å². The summed E-state index contributed by atoms with van der Waals surface area (Å²) >= 11 is 4.94. The van der Waals surface area contributed by atoms with Gasteiger partial charge < -0.3 is 10.1 Å². The number of amides is 1. The Morgan fingerprint density at radius 1 is 1.04 bits per heavy atom. The summed E-state index contributed by atoms with van der Waals surface area (Å²) in [6.07, 6.45) is -4.49. The van der Waals surface area contributed by atoms with E-state index in [-0.39, 0.29) is 21.9 Å². The van der Waals surface area contributed by atoms with E-state index in [2.05, 4.69) is 15.4 Å². The quantitative estimate of drug-likeness (QED) is 0.627. The van der Waals surface area contributed by atoms with Gasteiger partial charge in [-0.2, -0.15) is 13.2 Å². The first-order valence-electron chi connectivity index (χ1n) is 7.18. The van der Waals surface area contributed by atoms with Gasteiger partial charge in [-0.15, -0.1) is 0 Å². The first-order valence-corrected chi connectivity index (χ1v) is 7.59. The third-order valence-electron chi connectivity index (χ3n) is 3.22. The zero-order chi connectivity index (χ0) is 19.3. The van der Waals surface area contributed by atoms with Crippen molar-refractivity contribution in [2.24, 2.45) is 0 Å². The highest BCUT2D eigenvalue weighted by atomic mass is 32.1. The number of carbonyl (C=O) groups excluding carboxylic acids is 2. The number of methoxy groups -OCH3 is 1. The van der Waals surface area contributed by atoms with Crippen molar-refractivity contribution in [3.8, 4) is 0 Å². The normalized spacial score (nSPS) is 10.8. The Balaban J connectivity index is 2.06. The number of anilines is 1. The number of rotatable bonds is 3. The first kappa shape index (κ1) is 19.4. The predicted octanol–water partition coefficient (Wildman–Crippen LogP) is 3.62. The molecule has 5 nitrogen and oxygen atoms in total. The molecular formula is C17H13F3N2O3S. The second-order valence-electron chi connectivity index (χ2n) is 5.06. The Hall–Kier alpha value is -2.94. The molecule has 0 radical (unpaired) electrons. The maximum Gasteiger partial charge on any atom is 0.416 e. The smallest absolute Gasteiger partial charge is 0.416 e. The molecule has 26 heavy (non-hydrogen) atoms. The zero-order valence-electron chi connectivity index (χ0n) is 13.4.